The zero-order chi connectivity index (χ0) is 14.7. The van der Waals surface area contributed by atoms with E-state index >= 15 is 0 Å². The molecule has 1 atom stereocenters. The highest BCUT2D eigenvalue weighted by Gasteiger charge is 2.19. The minimum absolute atomic E-state index is 0.609. The maximum Gasteiger partial charge on any atom is 0.125 e. The summed E-state index contributed by atoms with van der Waals surface area (Å²) in [5.74, 6) is 1.28. The fraction of sp³-hybridized carbons (Fsp3) is 0.250. The summed E-state index contributed by atoms with van der Waals surface area (Å²) in [5.41, 5.74) is 2.26. The van der Waals surface area contributed by atoms with E-state index in [-0.39, 0.29) is 0 Å². The van der Waals surface area contributed by atoms with Crippen molar-refractivity contribution in [2.75, 3.05) is 14.2 Å². The summed E-state index contributed by atoms with van der Waals surface area (Å²) >= 11 is 6.11. The van der Waals surface area contributed by atoms with Crippen LogP contribution in [0, 0.1) is 6.92 Å². The maximum atomic E-state index is 10.6. The minimum Gasteiger partial charge on any atom is -0.497 e. The van der Waals surface area contributed by atoms with Gasteiger partial charge in [0.2, 0.25) is 0 Å². The zero-order valence-corrected chi connectivity index (χ0v) is 12.4. The van der Waals surface area contributed by atoms with E-state index in [0.717, 1.165) is 11.1 Å². The molecule has 0 heterocycles. The highest BCUT2D eigenvalue weighted by Crippen LogP contribution is 2.35. The van der Waals surface area contributed by atoms with Gasteiger partial charge in [-0.3, -0.25) is 0 Å². The Hall–Kier alpha value is -1.71. The average Bonchev–Trinajstić information content (AvgIpc) is 2.48. The Morgan fingerprint density at radius 3 is 2.45 bits per heavy atom. The lowest BCUT2D eigenvalue weighted by Crippen LogP contribution is -2.05. The number of ether oxygens (including phenoxy) is 2. The van der Waals surface area contributed by atoms with Crippen LogP contribution in [0.25, 0.3) is 0 Å². The number of aliphatic hydroxyl groups excluding tert-OH is 1. The predicted octanol–water partition coefficient (Wildman–Crippen LogP) is 3.75. The molecule has 2 aromatic rings. The number of rotatable bonds is 4. The maximum absolute atomic E-state index is 10.6. The molecule has 2 aromatic carbocycles. The third-order valence-electron chi connectivity index (χ3n) is 3.34. The summed E-state index contributed by atoms with van der Waals surface area (Å²) in [6, 6.07) is 10.8. The predicted molar refractivity (Wildman–Crippen MR) is 79.8 cm³/mol. The van der Waals surface area contributed by atoms with Crippen molar-refractivity contribution in [1.29, 1.82) is 0 Å². The SMILES string of the molecule is COc1ccc(OC)c(C(O)c2cccc(Cl)c2C)c1. The Bertz CT molecular complexity index is 611. The van der Waals surface area contributed by atoms with Crippen molar-refractivity contribution in [2.45, 2.75) is 13.0 Å². The van der Waals surface area contributed by atoms with Crippen LogP contribution in [0.2, 0.25) is 5.02 Å². The number of hydrogen-bond acceptors (Lipinski definition) is 3. The van der Waals surface area contributed by atoms with Crippen LogP contribution >= 0.6 is 11.6 Å². The molecule has 0 aliphatic heterocycles. The lowest BCUT2D eigenvalue weighted by molar-refractivity contribution is 0.213. The van der Waals surface area contributed by atoms with Crippen molar-refractivity contribution in [3.63, 3.8) is 0 Å². The molecule has 0 fully saturated rings. The van der Waals surface area contributed by atoms with E-state index in [4.69, 9.17) is 21.1 Å². The molecule has 1 N–H and O–H groups in total. The van der Waals surface area contributed by atoms with Gasteiger partial charge in [-0.1, -0.05) is 23.7 Å². The van der Waals surface area contributed by atoms with Crippen LogP contribution in [0.5, 0.6) is 11.5 Å². The fourth-order valence-corrected chi connectivity index (χ4v) is 2.32. The third-order valence-corrected chi connectivity index (χ3v) is 3.75. The van der Waals surface area contributed by atoms with Crippen LogP contribution in [-0.2, 0) is 0 Å². The fourth-order valence-electron chi connectivity index (χ4n) is 2.14. The van der Waals surface area contributed by atoms with Crippen LogP contribution in [-0.4, -0.2) is 19.3 Å². The van der Waals surface area contributed by atoms with Gasteiger partial charge in [-0.2, -0.15) is 0 Å². The van der Waals surface area contributed by atoms with Crippen molar-refractivity contribution in [3.05, 3.63) is 58.1 Å². The molecule has 0 radical (unpaired) electrons. The van der Waals surface area contributed by atoms with Crippen molar-refractivity contribution in [1.82, 2.24) is 0 Å². The van der Waals surface area contributed by atoms with Crippen LogP contribution in [0.15, 0.2) is 36.4 Å². The summed E-state index contributed by atoms with van der Waals surface area (Å²) < 4.78 is 10.5. The second-order valence-corrected chi connectivity index (χ2v) is 4.87. The summed E-state index contributed by atoms with van der Waals surface area (Å²) in [7, 11) is 3.16. The first-order chi connectivity index (χ1) is 9.58. The number of methoxy groups -OCH3 is 2. The topological polar surface area (TPSA) is 38.7 Å². The molecule has 0 saturated heterocycles. The van der Waals surface area contributed by atoms with Gasteiger partial charge >= 0.3 is 0 Å². The van der Waals surface area contributed by atoms with Crippen LogP contribution in [0.3, 0.4) is 0 Å². The van der Waals surface area contributed by atoms with Gasteiger partial charge in [0.15, 0.2) is 0 Å². The molecule has 1 unspecified atom stereocenters. The van der Waals surface area contributed by atoms with Crippen LogP contribution in [0.4, 0.5) is 0 Å². The smallest absolute Gasteiger partial charge is 0.125 e. The van der Waals surface area contributed by atoms with E-state index < -0.39 is 6.10 Å². The molecular weight excluding hydrogens is 276 g/mol. The van der Waals surface area contributed by atoms with Gasteiger partial charge in [-0.15, -0.1) is 0 Å². The zero-order valence-electron chi connectivity index (χ0n) is 11.7. The lowest BCUT2D eigenvalue weighted by atomic mass is 9.96. The van der Waals surface area contributed by atoms with E-state index in [0.29, 0.717) is 22.1 Å². The van der Waals surface area contributed by atoms with Gasteiger partial charge in [-0.25, -0.2) is 0 Å². The standard InChI is InChI=1S/C16H17ClO3/c1-10-12(5-4-6-14(10)17)16(18)13-9-11(19-2)7-8-15(13)20-3/h4-9,16,18H,1-3H3. The lowest BCUT2D eigenvalue weighted by Gasteiger charge is -2.18. The summed E-state index contributed by atoms with van der Waals surface area (Å²) in [5, 5.41) is 11.3. The second kappa shape index (κ2) is 6.16. The van der Waals surface area contributed by atoms with E-state index in [1.807, 2.05) is 19.1 Å². The van der Waals surface area contributed by atoms with Gasteiger partial charge in [-0.05, 0) is 42.3 Å². The molecule has 20 heavy (non-hydrogen) atoms. The Balaban J connectivity index is 2.51. The highest BCUT2D eigenvalue weighted by atomic mass is 35.5. The molecule has 0 spiro atoms. The Kier molecular flexibility index (Phi) is 4.53. The van der Waals surface area contributed by atoms with Crippen LogP contribution < -0.4 is 9.47 Å². The summed E-state index contributed by atoms with van der Waals surface area (Å²) in [4.78, 5) is 0. The Labute approximate surface area is 123 Å². The first-order valence-electron chi connectivity index (χ1n) is 6.23. The second-order valence-electron chi connectivity index (χ2n) is 4.46. The number of benzene rings is 2. The van der Waals surface area contributed by atoms with Crippen molar-refractivity contribution >= 4 is 11.6 Å². The van der Waals surface area contributed by atoms with E-state index in [9.17, 15) is 5.11 Å². The highest BCUT2D eigenvalue weighted by molar-refractivity contribution is 6.31. The number of halogens is 1. The number of aliphatic hydroxyl groups is 1. The third kappa shape index (κ3) is 2.74. The van der Waals surface area contributed by atoms with E-state index in [1.54, 1.807) is 38.5 Å². The summed E-state index contributed by atoms with van der Waals surface area (Å²) in [6.07, 6.45) is -0.821. The molecule has 2 rings (SSSR count). The van der Waals surface area contributed by atoms with Gasteiger partial charge in [0.05, 0.1) is 14.2 Å². The molecule has 3 nitrogen and oxygen atoms in total. The van der Waals surface area contributed by atoms with Crippen molar-refractivity contribution in [3.8, 4) is 11.5 Å². The Morgan fingerprint density at radius 1 is 1.05 bits per heavy atom. The first-order valence-corrected chi connectivity index (χ1v) is 6.61. The molecule has 0 amide bonds. The minimum atomic E-state index is -0.821. The molecule has 106 valence electrons. The van der Waals surface area contributed by atoms with E-state index in [1.165, 1.54) is 0 Å². The average molecular weight is 293 g/mol. The van der Waals surface area contributed by atoms with Crippen molar-refractivity contribution < 1.29 is 14.6 Å². The molecule has 0 bridgehead atoms. The Morgan fingerprint density at radius 2 is 1.80 bits per heavy atom. The van der Waals surface area contributed by atoms with Gasteiger partial charge in [0.1, 0.15) is 17.6 Å². The summed E-state index contributed by atoms with van der Waals surface area (Å²) in [6.45, 7) is 1.88. The molecule has 0 aromatic heterocycles. The number of hydrogen-bond donors (Lipinski definition) is 1. The molecule has 0 saturated carbocycles. The largest absolute Gasteiger partial charge is 0.497 e. The first kappa shape index (κ1) is 14.7. The molecule has 4 heteroatoms. The van der Waals surface area contributed by atoms with Crippen molar-refractivity contribution in [2.24, 2.45) is 0 Å². The monoisotopic (exact) mass is 292 g/mol. The molecule has 0 aliphatic rings. The van der Waals surface area contributed by atoms with E-state index in [2.05, 4.69) is 0 Å². The van der Waals surface area contributed by atoms with Gasteiger partial charge in [0.25, 0.3) is 0 Å². The van der Waals surface area contributed by atoms with Gasteiger partial charge < -0.3 is 14.6 Å². The van der Waals surface area contributed by atoms with Gasteiger partial charge in [0, 0.05) is 10.6 Å². The quantitative estimate of drug-likeness (QED) is 0.933. The van der Waals surface area contributed by atoms with Crippen LogP contribution in [0.1, 0.15) is 22.8 Å². The normalized spacial score (nSPS) is 12.1. The molecular formula is C16H17ClO3. The molecule has 0 aliphatic carbocycles.